The van der Waals surface area contributed by atoms with Crippen molar-refractivity contribution in [2.24, 2.45) is 0 Å². The molecule has 0 aliphatic carbocycles. The standard InChI is InChI=1S/C18H29N3O5S2/c1-25-12-7-19-28(23,24)15-4-5-17(26-2)16(14-15)20-8-10-21(11-9-20)18(22)6-13-27-3/h4-5,14,19H,6-13H2,1-3H3. The SMILES string of the molecule is COCCNS(=O)(=O)c1ccc(OC)c(N2CCN(C(=O)CCSC)CC2)c1. The molecule has 1 saturated heterocycles. The topological polar surface area (TPSA) is 88.2 Å². The third-order valence-corrected chi connectivity index (χ3v) is 6.62. The van der Waals surface area contributed by atoms with E-state index in [0.717, 1.165) is 5.75 Å². The van der Waals surface area contributed by atoms with Gasteiger partial charge in [0.25, 0.3) is 0 Å². The minimum Gasteiger partial charge on any atom is -0.495 e. The number of rotatable bonds is 10. The predicted octanol–water partition coefficient (Wildman–Crippen LogP) is 1.02. The lowest BCUT2D eigenvalue weighted by molar-refractivity contribution is -0.131. The van der Waals surface area contributed by atoms with E-state index in [2.05, 4.69) is 9.62 Å². The van der Waals surface area contributed by atoms with Gasteiger partial charge in [0.05, 0.1) is 24.3 Å². The Balaban J connectivity index is 2.11. The van der Waals surface area contributed by atoms with Crippen LogP contribution in [0.5, 0.6) is 5.75 Å². The van der Waals surface area contributed by atoms with E-state index in [9.17, 15) is 13.2 Å². The molecule has 28 heavy (non-hydrogen) atoms. The van der Waals surface area contributed by atoms with Crippen LogP contribution in [0.15, 0.2) is 23.1 Å². The van der Waals surface area contributed by atoms with Gasteiger partial charge in [-0.25, -0.2) is 13.1 Å². The van der Waals surface area contributed by atoms with E-state index in [4.69, 9.17) is 9.47 Å². The molecule has 1 aromatic carbocycles. The first-order valence-corrected chi connectivity index (χ1v) is 12.0. The zero-order valence-electron chi connectivity index (χ0n) is 16.6. The van der Waals surface area contributed by atoms with Crippen LogP contribution in [0.25, 0.3) is 0 Å². The number of nitrogens with one attached hydrogen (secondary N) is 1. The molecule has 0 unspecified atom stereocenters. The number of hydrogen-bond acceptors (Lipinski definition) is 7. The summed E-state index contributed by atoms with van der Waals surface area (Å²) < 4.78 is 37.8. The van der Waals surface area contributed by atoms with Gasteiger partial charge in [0, 0.05) is 52.0 Å². The zero-order chi connectivity index (χ0) is 20.6. The fraction of sp³-hybridized carbons (Fsp3) is 0.611. The third-order valence-electron chi connectivity index (χ3n) is 4.55. The van der Waals surface area contributed by atoms with E-state index in [0.29, 0.717) is 50.6 Å². The average Bonchev–Trinajstić information content (AvgIpc) is 2.71. The van der Waals surface area contributed by atoms with Crippen LogP contribution in [0.1, 0.15) is 6.42 Å². The highest BCUT2D eigenvalue weighted by Crippen LogP contribution is 2.31. The molecule has 10 heteroatoms. The highest BCUT2D eigenvalue weighted by atomic mass is 32.2. The van der Waals surface area contributed by atoms with Crippen LogP contribution in [0.3, 0.4) is 0 Å². The van der Waals surface area contributed by atoms with Gasteiger partial charge < -0.3 is 19.3 Å². The van der Waals surface area contributed by atoms with E-state index >= 15 is 0 Å². The van der Waals surface area contributed by atoms with E-state index in [1.54, 1.807) is 31.0 Å². The van der Waals surface area contributed by atoms with E-state index in [1.807, 2.05) is 11.2 Å². The maximum absolute atomic E-state index is 12.5. The second-order valence-electron chi connectivity index (χ2n) is 6.33. The summed E-state index contributed by atoms with van der Waals surface area (Å²) in [6.45, 7) is 2.98. The summed E-state index contributed by atoms with van der Waals surface area (Å²) >= 11 is 1.66. The first-order valence-electron chi connectivity index (χ1n) is 9.11. The van der Waals surface area contributed by atoms with E-state index in [1.165, 1.54) is 13.2 Å². The molecule has 1 aliphatic rings. The van der Waals surface area contributed by atoms with Crippen molar-refractivity contribution in [3.05, 3.63) is 18.2 Å². The van der Waals surface area contributed by atoms with Crippen molar-refractivity contribution in [1.29, 1.82) is 0 Å². The Morgan fingerprint density at radius 1 is 1.21 bits per heavy atom. The Morgan fingerprint density at radius 3 is 2.54 bits per heavy atom. The highest BCUT2D eigenvalue weighted by molar-refractivity contribution is 7.98. The fourth-order valence-corrected chi connectivity index (χ4v) is 4.40. The van der Waals surface area contributed by atoms with Crippen LogP contribution in [0.4, 0.5) is 5.69 Å². The Morgan fingerprint density at radius 2 is 1.93 bits per heavy atom. The maximum atomic E-state index is 12.5. The zero-order valence-corrected chi connectivity index (χ0v) is 18.3. The van der Waals surface area contributed by atoms with Crippen molar-refractivity contribution < 1.29 is 22.7 Å². The number of hydrogen-bond donors (Lipinski definition) is 1. The molecule has 2 rings (SSSR count). The molecule has 1 heterocycles. The molecule has 1 N–H and O–H groups in total. The largest absolute Gasteiger partial charge is 0.495 e. The minimum absolute atomic E-state index is 0.166. The molecule has 0 aromatic heterocycles. The molecule has 0 atom stereocenters. The molecule has 1 aromatic rings. The molecule has 158 valence electrons. The van der Waals surface area contributed by atoms with Crippen LogP contribution in [0, 0.1) is 0 Å². The molecular weight excluding hydrogens is 402 g/mol. The summed E-state index contributed by atoms with van der Waals surface area (Å²) in [7, 11) is -0.552. The lowest BCUT2D eigenvalue weighted by Gasteiger charge is -2.36. The van der Waals surface area contributed by atoms with Gasteiger partial charge in [-0.15, -0.1) is 0 Å². The highest BCUT2D eigenvalue weighted by Gasteiger charge is 2.24. The second-order valence-corrected chi connectivity index (χ2v) is 9.09. The quantitative estimate of drug-likeness (QED) is 0.554. The number of carbonyl (C=O) groups is 1. The van der Waals surface area contributed by atoms with Crippen molar-refractivity contribution in [3.8, 4) is 5.75 Å². The van der Waals surface area contributed by atoms with Gasteiger partial charge in [-0.2, -0.15) is 11.8 Å². The molecule has 0 bridgehead atoms. The van der Waals surface area contributed by atoms with Crippen molar-refractivity contribution >= 4 is 33.4 Å². The van der Waals surface area contributed by atoms with Crippen LogP contribution in [0.2, 0.25) is 0 Å². The monoisotopic (exact) mass is 431 g/mol. The van der Waals surface area contributed by atoms with Crippen LogP contribution >= 0.6 is 11.8 Å². The molecule has 8 nitrogen and oxygen atoms in total. The van der Waals surface area contributed by atoms with Crippen molar-refractivity contribution in [3.63, 3.8) is 0 Å². The van der Waals surface area contributed by atoms with Gasteiger partial charge in [0.1, 0.15) is 5.75 Å². The Hall–Kier alpha value is -1.49. The number of thioether (sulfide) groups is 1. The number of benzene rings is 1. The average molecular weight is 432 g/mol. The molecule has 1 amide bonds. The molecule has 0 saturated carbocycles. The number of piperazine rings is 1. The summed E-state index contributed by atoms with van der Waals surface area (Å²) in [6.07, 6.45) is 2.54. The maximum Gasteiger partial charge on any atom is 0.240 e. The lowest BCUT2D eigenvalue weighted by atomic mass is 10.2. The summed E-state index contributed by atoms with van der Waals surface area (Å²) in [5, 5.41) is 0. The van der Waals surface area contributed by atoms with Crippen LogP contribution < -0.4 is 14.4 Å². The van der Waals surface area contributed by atoms with Gasteiger partial charge >= 0.3 is 0 Å². The van der Waals surface area contributed by atoms with Crippen molar-refractivity contribution in [1.82, 2.24) is 9.62 Å². The number of carbonyl (C=O) groups excluding carboxylic acids is 1. The number of nitrogens with zero attached hydrogens (tertiary/aromatic N) is 2. The Bertz CT molecular complexity index is 750. The minimum atomic E-state index is -3.63. The smallest absolute Gasteiger partial charge is 0.240 e. The lowest BCUT2D eigenvalue weighted by Crippen LogP contribution is -2.49. The number of amides is 1. The third kappa shape index (κ3) is 6.00. The van der Waals surface area contributed by atoms with Gasteiger partial charge in [-0.3, -0.25) is 4.79 Å². The second kappa shape index (κ2) is 10.9. The summed E-state index contributed by atoms with van der Waals surface area (Å²) in [4.78, 5) is 16.3. The van der Waals surface area contributed by atoms with Crippen molar-refractivity contribution in [2.75, 3.05) is 70.5 Å². The summed E-state index contributed by atoms with van der Waals surface area (Å²) in [5.41, 5.74) is 0.716. The summed E-state index contributed by atoms with van der Waals surface area (Å²) in [5.74, 6) is 1.60. The van der Waals surface area contributed by atoms with Gasteiger partial charge in [0.2, 0.25) is 15.9 Å². The van der Waals surface area contributed by atoms with E-state index < -0.39 is 10.0 Å². The predicted molar refractivity (Wildman–Crippen MR) is 112 cm³/mol. The molecule has 0 radical (unpaired) electrons. The molecule has 1 fully saturated rings. The number of ether oxygens (including phenoxy) is 2. The normalized spacial score (nSPS) is 15.0. The number of sulfonamides is 1. The summed E-state index contributed by atoms with van der Waals surface area (Å²) in [6, 6.07) is 4.81. The fourth-order valence-electron chi connectivity index (χ4n) is 2.99. The molecule has 0 spiro atoms. The van der Waals surface area contributed by atoms with Crippen molar-refractivity contribution in [2.45, 2.75) is 11.3 Å². The molecular formula is C18H29N3O5S2. The van der Waals surface area contributed by atoms with Gasteiger partial charge in [0.15, 0.2) is 0 Å². The Kier molecular flexibility index (Phi) is 8.87. The number of methoxy groups -OCH3 is 2. The van der Waals surface area contributed by atoms with E-state index in [-0.39, 0.29) is 17.3 Å². The first-order chi connectivity index (χ1) is 13.4. The van der Waals surface area contributed by atoms with Crippen LogP contribution in [-0.2, 0) is 19.6 Å². The van der Waals surface area contributed by atoms with Gasteiger partial charge in [-0.05, 0) is 24.5 Å². The molecule has 1 aliphatic heterocycles. The van der Waals surface area contributed by atoms with Crippen LogP contribution in [-0.4, -0.2) is 84.8 Å². The van der Waals surface area contributed by atoms with Gasteiger partial charge in [-0.1, -0.05) is 0 Å². The number of anilines is 1. The Labute approximate surface area is 171 Å². The first kappa shape index (κ1) is 22.8.